The van der Waals surface area contributed by atoms with Crippen molar-refractivity contribution >= 4 is 35.5 Å². The zero-order chi connectivity index (χ0) is 35.6. The predicted octanol–water partition coefficient (Wildman–Crippen LogP) is 0.0243. The molecule has 1 heterocycles. The maximum atomic E-state index is 12.8. The lowest BCUT2D eigenvalue weighted by Gasteiger charge is -2.32. The van der Waals surface area contributed by atoms with Crippen LogP contribution in [0.25, 0.3) is 11.1 Å². The fourth-order valence-corrected chi connectivity index (χ4v) is 5.39. The Morgan fingerprint density at radius 1 is 0.490 bits per heavy atom. The largest absolute Gasteiger partial charge is 0.480 e. The Labute approximate surface area is 285 Å². The molecule has 2 aromatic carbocycles. The molecule has 49 heavy (non-hydrogen) atoms. The van der Waals surface area contributed by atoms with Gasteiger partial charge in [0.05, 0.1) is 26.2 Å². The van der Waals surface area contributed by atoms with Crippen molar-refractivity contribution in [3.63, 3.8) is 0 Å². The first-order chi connectivity index (χ1) is 23.5. The van der Waals surface area contributed by atoms with Gasteiger partial charge in [-0.15, -0.1) is 0 Å². The second-order valence-electron chi connectivity index (χ2n) is 11.9. The molecule has 0 saturated carbocycles. The summed E-state index contributed by atoms with van der Waals surface area (Å²) in [6.45, 7) is 1.89. The molecule has 1 fully saturated rings. The van der Waals surface area contributed by atoms with Crippen molar-refractivity contribution in [2.24, 2.45) is 0 Å². The lowest BCUT2D eigenvalue weighted by atomic mass is 10.0. The van der Waals surface area contributed by atoms with Crippen LogP contribution >= 0.6 is 0 Å². The number of carboxylic acids is 3. The highest BCUT2D eigenvalue weighted by Crippen LogP contribution is 2.20. The maximum Gasteiger partial charge on any atom is 0.317 e. The van der Waals surface area contributed by atoms with Crippen molar-refractivity contribution in [2.45, 2.75) is 12.8 Å². The molecule has 5 N–H and O–H groups in total. The first kappa shape index (κ1) is 38.7. The van der Waals surface area contributed by atoms with Crippen LogP contribution in [-0.4, -0.2) is 162 Å². The summed E-state index contributed by atoms with van der Waals surface area (Å²) >= 11 is 0. The second kappa shape index (κ2) is 20.6. The van der Waals surface area contributed by atoms with E-state index in [-0.39, 0.29) is 95.9 Å². The quantitative estimate of drug-likeness (QED) is 0.117. The van der Waals surface area contributed by atoms with Crippen LogP contribution in [0.2, 0.25) is 0 Å². The Morgan fingerprint density at radius 2 is 0.878 bits per heavy atom. The molecule has 1 saturated heterocycles. The summed E-state index contributed by atoms with van der Waals surface area (Å²) in [5.41, 5.74) is 2.56. The summed E-state index contributed by atoms with van der Waals surface area (Å²) in [4.78, 5) is 78.8. The Morgan fingerprint density at radius 3 is 1.31 bits per heavy atom. The van der Waals surface area contributed by atoms with E-state index in [1.165, 1.54) is 0 Å². The van der Waals surface area contributed by atoms with Crippen LogP contribution in [0.15, 0.2) is 54.6 Å². The number of ketones is 1. The van der Waals surface area contributed by atoms with E-state index >= 15 is 0 Å². The molecule has 3 rings (SSSR count). The Kier molecular flexibility index (Phi) is 16.3. The van der Waals surface area contributed by atoms with Gasteiger partial charge >= 0.3 is 17.9 Å². The van der Waals surface area contributed by atoms with Gasteiger partial charge in [0.15, 0.2) is 5.78 Å². The first-order valence-corrected chi connectivity index (χ1v) is 16.3. The standard InChI is InChI=1S/C34H46N6O9/c41-29(28-8-6-27(7-9-28)26-4-2-1-3-5-26)10-11-30(42)35-12-13-36-31(43)22-37-14-16-38(23-32(44)45)18-20-40(25-34(48)49)21-19-39(17-15-37)24-33(46)47/h1-9H,10-25H2,(H,35,42)(H,36,43)(H,44,45)(H,46,47)(H,48,49). The lowest BCUT2D eigenvalue weighted by molar-refractivity contribution is -0.140. The van der Waals surface area contributed by atoms with Gasteiger partial charge in [0.25, 0.3) is 0 Å². The number of aliphatic carboxylic acids is 3. The summed E-state index contributed by atoms with van der Waals surface area (Å²) in [7, 11) is 0. The van der Waals surface area contributed by atoms with E-state index in [2.05, 4.69) is 10.6 Å². The van der Waals surface area contributed by atoms with Gasteiger partial charge in [-0.25, -0.2) is 0 Å². The highest BCUT2D eigenvalue weighted by atomic mass is 16.4. The molecule has 0 spiro atoms. The minimum Gasteiger partial charge on any atom is -0.480 e. The van der Waals surface area contributed by atoms with Crippen LogP contribution in [0, 0.1) is 0 Å². The monoisotopic (exact) mass is 682 g/mol. The normalized spacial score (nSPS) is 15.8. The number of carboxylic acid groups (broad SMARTS) is 3. The number of carbonyl (C=O) groups is 6. The Balaban J connectivity index is 1.44. The topological polar surface area (TPSA) is 200 Å². The fraction of sp³-hybridized carbons (Fsp3) is 0.471. The summed E-state index contributed by atoms with van der Waals surface area (Å²) in [5.74, 6) is -3.87. The van der Waals surface area contributed by atoms with Crippen molar-refractivity contribution in [3.05, 3.63) is 60.2 Å². The zero-order valence-electron chi connectivity index (χ0n) is 27.6. The number of benzene rings is 2. The minimum atomic E-state index is -1.03. The third-order valence-corrected chi connectivity index (χ3v) is 8.04. The van der Waals surface area contributed by atoms with Crippen LogP contribution in [0.3, 0.4) is 0 Å². The van der Waals surface area contributed by atoms with E-state index in [0.29, 0.717) is 31.7 Å². The van der Waals surface area contributed by atoms with Crippen LogP contribution in [-0.2, 0) is 24.0 Å². The fourth-order valence-electron chi connectivity index (χ4n) is 5.39. The van der Waals surface area contributed by atoms with Gasteiger partial charge in [-0.05, 0) is 11.1 Å². The van der Waals surface area contributed by atoms with Crippen molar-refractivity contribution in [1.82, 2.24) is 30.2 Å². The average Bonchev–Trinajstić information content (AvgIpc) is 3.06. The van der Waals surface area contributed by atoms with Crippen molar-refractivity contribution in [2.75, 3.05) is 91.6 Å². The Bertz CT molecular complexity index is 1370. The number of nitrogens with zero attached hydrogens (tertiary/aromatic N) is 4. The molecule has 1 aliphatic heterocycles. The molecule has 15 heteroatoms. The van der Waals surface area contributed by atoms with E-state index in [4.69, 9.17) is 0 Å². The minimum absolute atomic E-state index is 0.00868. The molecule has 1 aliphatic rings. The maximum absolute atomic E-state index is 12.8. The second-order valence-corrected chi connectivity index (χ2v) is 11.9. The van der Waals surface area contributed by atoms with Crippen molar-refractivity contribution in [3.8, 4) is 11.1 Å². The van der Waals surface area contributed by atoms with Gasteiger partial charge in [0.1, 0.15) is 0 Å². The van der Waals surface area contributed by atoms with Gasteiger partial charge in [-0.1, -0.05) is 54.6 Å². The van der Waals surface area contributed by atoms with E-state index in [1.54, 1.807) is 26.8 Å². The number of carbonyl (C=O) groups excluding carboxylic acids is 3. The van der Waals surface area contributed by atoms with E-state index in [9.17, 15) is 44.1 Å². The van der Waals surface area contributed by atoms with Gasteiger partial charge in [0.2, 0.25) is 11.8 Å². The number of hydrogen-bond acceptors (Lipinski definition) is 10. The first-order valence-electron chi connectivity index (χ1n) is 16.3. The molecule has 0 atom stereocenters. The highest BCUT2D eigenvalue weighted by molar-refractivity contribution is 5.98. The van der Waals surface area contributed by atoms with Gasteiger partial charge < -0.3 is 26.0 Å². The number of Topliss-reactive ketones (excluding diaryl/α,β-unsaturated/α-hetero) is 1. The highest BCUT2D eigenvalue weighted by Gasteiger charge is 2.21. The van der Waals surface area contributed by atoms with Crippen LogP contribution < -0.4 is 10.6 Å². The number of rotatable bonds is 16. The van der Waals surface area contributed by atoms with Crippen molar-refractivity contribution < 1.29 is 44.1 Å². The molecule has 0 aromatic heterocycles. The van der Waals surface area contributed by atoms with E-state index in [1.807, 2.05) is 47.4 Å². The van der Waals surface area contributed by atoms with Gasteiger partial charge in [0, 0.05) is 83.9 Å². The molecular formula is C34H46N6O9. The summed E-state index contributed by atoms with van der Waals surface area (Å²) in [6.07, 6.45) is 0.0575. The van der Waals surface area contributed by atoms with E-state index in [0.717, 1.165) is 11.1 Å². The Hall–Kier alpha value is -4.70. The third kappa shape index (κ3) is 15.4. The van der Waals surface area contributed by atoms with Gasteiger partial charge in [-0.2, -0.15) is 0 Å². The van der Waals surface area contributed by atoms with Crippen LogP contribution in [0.5, 0.6) is 0 Å². The SMILES string of the molecule is O=C(O)CN1CCN(CC(=O)O)CCN(CC(=O)NCCNC(=O)CCC(=O)c2ccc(-c3ccccc3)cc2)CCN(CC(=O)O)CC1. The lowest BCUT2D eigenvalue weighted by Crippen LogP contribution is -2.50. The number of hydrogen-bond donors (Lipinski definition) is 5. The molecule has 266 valence electrons. The number of amides is 2. The summed E-state index contributed by atoms with van der Waals surface area (Å²) < 4.78 is 0. The number of nitrogens with one attached hydrogen (secondary N) is 2. The van der Waals surface area contributed by atoms with Crippen molar-refractivity contribution in [1.29, 1.82) is 0 Å². The predicted molar refractivity (Wildman–Crippen MR) is 180 cm³/mol. The molecule has 0 radical (unpaired) electrons. The molecule has 0 aliphatic carbocycles. The molecule has 2 amide bonds. The van der Waals surface area contributed by atoms with E-state index < -0.39 is 17.9 Å². The molecule has 0 unspecified atom stereocenters. The summed E-state index contributed by atoms with van der Waals surface area (Å²) in [5, 5.41) is 33.5. The zero-order valence-corrected chi connectivity index (χ0v) is 27.6. The van der Waals surface area contributed by atoms with Gasteiger partial charge in [-0.3, -0.25) is 48.4 Å². The molecule has 2 aromatic rings. The summed E-state index contributed by atoms with van der Waals surface area (Å²) in [6, 6.07) is 17.0. The molecule has 0 bridgehead atoms. The smallest absolute Gasteiger partial charge is 0.317 e. The van der Waals surface area contributed by atoms with Crippen LogP contribution in [0.1, 0.15) is 23.2 Å². The molecular weight excluding hydrogens is 636 g/mol. The average molecular weight is 683 g/mol. The van der Waals surface area contributed by atoms with Crippen LogP contribution in [0.4, 0.5) is 0 Å². The molecule has 15 nitrogen and oxygen atoms in total. The third-order valence-electron chi connectivity index (χ3n) is 8.04.